The molecule has 0 bridgehead atoms. The fourth-order valence-electron chi connectivity index (χ4n) is 4.07. The Labute approximate surface area is 191 Å². The van der Waals surface area contributed by atoms with E-state index in [1.807, 2.05) is 55.5 Å². The van der Waals surface area contributed by atoms with Gasteiger partial charge in [0.2, 0.25) is 0 Å². The van der Waals surface area contributed by atoms with E-state index in [0.717, 1.165) is 33.4 Å². The molecular weight excluding hydrogens is 412 g/mol. The molecule has 0 aliphatic rings. The Kier molecular flexibility index (Phi) is 5.72. The number of hydrogen-bond acceptors (Lipinski definition) is 4. The number of rotatable bonds is 7. The molecule has 0 fully saturated rings. The number of pyridine rings is 1. The maximum Gasteiger partial charge on any atom is 0.253 e. The van der Waals surface area contributed by atoms with Crippen LogP contribution in [-0.2, 0) is 6.54 Å². The lowest BCUT2D eigenvalue weighted by Gasteiger charge is -2.17. The Morgan fingerprint density at radius 2 is 1.82 bits per heavy atom. The van der Waals surface area contributed by atoms with Crippen LogP contribution < -0.4 is 10.1 Å². The van der Waals surface area contributed by atoms with Crippen molar-refractivity contribution >= 4 is 27.7 Å². The van der Waals surface area contributed by atoms with Gasteiger partial charge in [-0.15, -0.1) is 0 Å². The quantitative estimate of drug-likeness (QED) is 0.383. The van der Waals surface area contributed by atoms with Crippen molar-refractivity contribution in [2.45, 2.75) is 19.5 Å². The molecule has 33 heavy (non-hydrogen) atoms. The molecule has 5 rings (SSSR count). The summed E-state index contributed by atoms with van der Waals surface area (Å²) in [7, 11) is 0. The van der Waals surface area contributed by atoms with Crippen molar-refractivity contribution in [3.05, 3.63) is 103 Å². The first-order valence-corrected chi connectivity index (χ1v) is 11.0. The highest BCUT2D eigenvalue weighted by molar-refractivity contribution is 5.94. The molecule has 6 nitrogen and oxygen atoms in total. The molecule has 3 aromatic carbocycles. The standard InChI is InChI=1S/C27H24N4O2/c1-19(29-27(32)21-10-7-15-28-18-21)26-30-23-12-4-5-13-24(23)31(26)16-17-33-25-14-6-9-20-8-2-3-11-22(20)25/h2-15,18-19H,16-17H2,1H3,(H,29,32). The second-order valence-corrected chi connectivity index (χ2v) is 7.87. The van der Waals surface area contributed by atoms with Crippen LogP contribution in [0, 0.1) is 0 Å². The third kappa shape index (κ3) is 4.28. The van der Waals surface area contributed by atoms with E-state index in [1.54, 1.807) is 24.5 Å². The van der Waals surface area contributed by atoms with Crippen molar-refractivity contribution in [1.82, 2.24) is 19.9 Å². The van der Waals surface area contributed by atoms with Crippen LogP contribution in [0.5, 0.6) is 5.75 Å². The van der Waals surface area contributed by atoms with Gasteiger partial charge in [0.15, 0.2) is 0 Å². The normalized spacial score (nSPS) is 12.0. The van der Waals surface area contributed by atoms with E-state index in [-0.39, 0.29) is 11.9 Å². The summed E-state index contributed by atoms with van der Waals surface area (Å²) >= 11 is 0. The van der Waals surface area contributed by atoms with Crippen LogP contribution in [-0.4, -0.2) is 27.0 Å². The van der Waals surface area contributed by atoms with Crippen LogP contribution in [0.2, 0.25) is 0 Å². The van der Waals surface area contributed by atoms with Crippen molar-refractivity contribution in [3.8, 4) is 5.75 Å². The number of nitrogens with zero attached hydrogens (tertiary/aromatic N) is 3. The van der Waals surface area contributed by atoms with Gasteiger partial charge in [-0.25, -0.2) is 4.98 Å². The molecule has 0 spiro atoms. The summed E-state index contributed by atoms with van der Waals surface area (Å²) in [6.07, 6.45) is 3.21. The van der Waals surface area contributed by atoms with Crippen molar-refractivity contribution in [3.63, 3.8) is 0 Å². The zero-order chi connectivity index (χ0) is 22.6. The van der Waals surface area contributed by atoms with Gasteiger partial charge in [-0.05, 0) is 42.6 Å². The summed E-state index contributed by atoms with van der Waals surface area (Å²) in [6.45, 7) is 3.02. The fraction of sp³-hybridized carbons (Fsp3) is 0.148. The lowest BCUT2D eigenvalue weighted by molar-refractivity contribution is 0.0937. The van der Waals surface area contributed by atoms with Gasteiger partial charge in [0.25, 0.3) is 5.91 Å². The lowest BCUT2D eigenvalue weighted by Crippen LogP contribution is -2.29. The molecule has 2 heterocycles. The zero-order valence-electron chi connectivity index (χ0n) is 18.3. The van der Waals surface area contributed by atoms with Crippen molar-refractivity contribution in [1.29, 1.82) is 0 Å². The largest absolute Gasteiger partial charge is 0.491 e. The summed E-state index contributed by atoms with van der Waals surface area (Å²) in [5.74, 6) is 1.47. The van der Waals surface area contributed by atoms with E-state index in [9.17, 15) is 4.79 Å². The summed E-state index contributed by atoms with van der Waals surface area (Å²) in [4.78, 5) is 21.5. The minimum absolute atomic E-state index is 0.179. The van der Waals surface area contributed by atoms with Crippen LogP contribution in [0.15, 0.2) is 91.3 Å². The fourth-order valence-corrected chi connectivity index (χ4v) is 4.07. The monoisotopic (exact) mass is 436 g/mol. The van der Waals surface area contributed by atoms with Gasteiger partial charge < -0.3 is 14.6 Å². The minimum atomic E-state index is -0.289. The third-order valence-corrected chi connectivity index (χ3v) is 5.66. The predicted octanol–water partition coefficient (Wildman–Crippen LogP) is 5.15. The number of amides is 1. The number of para-hydroxylation sites is 2. The molecule has 1 atom stereocenters. The van der Waals surface area contributed by atoms with Gasteiger partial charge in [0, 0.05) is 17.8 Å². The van der Waals surface area contributed by atoms with Crippen LogP contribution in [0.1, 0.15) is 29.1 Å². The number of ether oxygens (including phenoxy) is 1. The Bertz CT molecular complexity index is 1410. The second kappa shape index (κ2) is 9.12. The van der Waals surface area contributed by atoms with Crippen LogP contribution in [0.4, 0.5) is 0 Å². The molecule has 0 aliphatic heterocycles. The number of fused-ring (bicyclic) bond motifs is 2. The molecule has 1 N–H and O–H groups in total. The Morgan fingerprint density at radius 1 is 1.00 bits per heavy atom. The highest BCUT2D eigenvalue weighted by Gasteiger charge is 2.19. The van der Waals surface area contributed by atoms with E-state index in [1.165, 1.54) is 0 Å². The molecule has 1 amide bonds. The number of nitrogens with one attached hydrogen (secondary N) is 1. The molecular formula is C27H24N4O2. The van der Waals surface area contributed by atoms with Gasteiger partial charge in [-0.2, -0.15) is 0 Å². The van der Waals surface area contributed by atoms with Gasteiger partial charge in [0.05, 0.1) is 29.2 Å². The molecule has 5 aromatic rings. The molecule has 6 heteroatoms. The topological polar surface area (TPSA) is 69.0 Å². The number of carbonyl (C=O) groups excluding carboxylic acids is 1. The van der Waals surface area contributed by atoms with Gasteiger partial charge in [-0.3, -0.25) is 9.78 Å². The van der Waals surface area contributed by atoms with Crippen LogP contribution in [0.25, 0.3) is 21.8 Å². The number of carbonyl (C=O) groups is 1. The zero-order valence-corrected chi connectivity index (χ0v) is 18.3. The van der Waals surface area contributed by atoms with Crippen molar-refractivity contribution in [2.75, 3.05) is 6.61 Å². The summed E-state index contributed by atoms with van der Waals surface area (Å²) in [5, 5.41) is 5.28. The predicted molar refractivity (Wildman–Crippen MR) is 129 cm³/mol. The SMILES string of the molecule is CC(NC(=O)c1cccnc1)c1nc2ccccc2n1CCOc1cccc2ccccc12. The molecule has 0 radical (unpaired) electrons. The Morgan fingerprint density at radius 3 is 2.70 bits per heavy atom. The molecule has 1 unspecified atom stereocenters. The third-order valence-electron chi connectivity index (χ3n) is 5.66. The smallest absolute Gasteiger partial charge is 0.253 e. The number of hydrogen-bond donors (Lipinski definition) is 1. The highest BCUT2D eigenvalue weighted by atomic mass is 16.5. The first-order valence-electron chi connectivity index (χ1n) is 11.0. The summed E-state index contributed by atoms with van der Waals surface area (Å²) in [6, 6.07) is 25.5. The number of aromatic nitrogens is 3. The van der Waals surface area contributed by atoms with Gasteiger partial charge in [0.1, 0.15) is 18.2 Å². The van der Waals surface area contributed by atoms with E-state index >= 15 is 0 Å². The Hall–Kier alpha value is -4.19. The highest BCUT2D eigenvalue weighted by Crippen LogP contribution is 2.26. The molecule has 0 aliphatic carbocycles. The van der Waals surface area contributed by atoms with Gasteiger partial charge in [-0.1, -0.05) is 48.5 Å². The van der Waals surface area contributed by atoms with E-state index in [4.69, 9.17) is 9.72 Å². The molecule has 2 aromatic heterocycles. The average Bonchev–Trinajstić information content (AvgIpc) is 3.23. The van der Waals surface area contributed by atoms with Crippen LogP contribution >= 0.6 is 0 Å². The summed E-state index contributed by atoms with van der Waals surface area (Å²) < 4.78 is 8.30. The minimum Gasteiger partial charge on any atom is -0.491 e. The number of benzene rings is 3. The first kappa shape index (κ1) is 20.7. The van der Waals surface area contributed by atoms with Crippen molar-refractivity contribution < 1.29 is 9.53 Å². The second-order valence-electron chi connectivity index (χ2n) is 7.87. The Balaban J connectivity index is 1.38. The summed E-state index contributed by atoms with van der Waals surface area (Å²) in [5.41, 5.74) is 2.42. The first-order chi connectivity index (χ1) is 16.2. The molecule has 0 saturated carbocycles. The van der Waals surface area contributed by atoms with Crippen molar-refractivity contribution in [2.24, 2.45) is 0 Å². The number of imidazole rings is 1. The van der Waals surface area contributed by atoms with E-state index in [0.29, 0.717) is 18.7 Å². The maximum absolute atomic E-state index is 12.7. The van der Waals surface area contributed by atoms with Crippen LogP contribution in [0.3, 0.4) is 0 Å². The van der Waals surface area contributed by atoms with E-state index < -0.39 is 0 Å². The maximum atomic E-state index is 12.7. The lowest BCUT2D eigenvalue weighted by atomic mass is 10.1. The average molecular weight is 437 g/mol. The molecule has 164 valence electrons. The van der Waals surface area contributed by atoms with E-state index in [2.05, 4.69) is 33.1 Å². The van der Waals surface area contributed by atoms with Gasteiger partial charge >= 0.3 is 0 Å². The molecule has 0 saturated heterocycles.